The van der Waals surface area contributed by atoms with Crippen LogP contribution in [0, 0.1) is 0 Å². The van der Waals surface area contributed by atoms with Crippen molar-refractivity contribution in [2.75, 3.05) is 18.0 Å². The lowest BCUT2D eigenvalue weighted by Gasteiger charge is -2.37. The first-order valence-electron chi connectivity index (χ1n) is 5.89. The van der Waals surface area contributed by atoms with Crippen molar-refractivity contribution in [3.05, 3.63) is 22.8 Å². The Morgan fingerprint density at radius 1 is 1.47 bits per heavy atom. The molecule has 19 heavy (non-hydrogen) atoms. The summed E-state index contributed by atoms with van der Waals surface area (Å²) in [6.07, 6.45) is -2.29. The molecule has 7 heteroatoms. The lowest BCUT2D eigenvalue weighted by atomic mass is 9.95. The van der Waals surface area contributed by atoms with Crippen molar-refractivity contribution < 1.29 is 18.3 Å². The van der Waals surface area contributed by atoms with Gasteiger partial charge in [0.05, 0.1) is 16.2 Å². The van der Waals surface area contributed by atoms with Crippen LogP contribution in [-0.4, -0.2) is 28.8 Å². The summed E-state index contributed by atoms with van der Waals surface area (Å²) in [7, 11) is 0. The van der Waals surface area contributed by atoms with Gasteiger partial charge in [-0.15, -0.1) is 0 Å². The molecule has 0 spiro atoms. The largest absolute Gasteiger partial charge is 0.417 e. The summed E-state index contributed by atoms with van der Waals surface area (Å²) in [5.74, 6) is 0.287. The monoisotopic (exact) mass is 294 g/mol. The van der Waals surface area contributed by atoms with Gasteiger partial charge in [0.25, 0.3) is 0 Å². The molecule has 1 atom stereocenters. The van der Waals surface area contributed by atoms with E-state index in [0.717, 1.165) is 18.7 Å². The molecule has 0 saturated carbocycles. The Hall–Kier alpha value is -1.01. The van der Waals surface area contributed by atoms with E-state index >= 15 is 0 Å². The third-order valence-corrected chi connectivity index (χ3v) is 3.40. The molecular weight excluding hydrogens is 281 g/mol. The third kappa shape index (κ3) is 3.30. The Kier molecular flexibility index (Phi) is 3.66. The van der Waals surface area contributed by atoms with Crippen LogP contribution < -0.4 is 4.90 Å². The van der Waals surface area contributed by atoms with Crippen molar-refractivity contribution in [1.29, 1.82) is 0 Å². The molecule has 1 unspecified atom stereocenters. The van der Waals surface area contributed by atoms with Gasteiger partial charge in [0, 0.05) is 19.3 Å². The van der Waals surface area contributed by atoms with E-state index in [1.165, 1.54) is 0 Å². The molecule has 1 aliphatic heterocycles. The molecule has 0 bridgehead atoms. The molecule has 1 aromatic rings. The minimum absolute atomic E-state index is 0.0486. The lowest BCUT2D eigenvalue weighted by molar-refractivity contribution is -0.137. The van der Waals surface area contributed by atoms with Crippen LogP contribution in [0.25, 0.3) is 0 Å². The number of aromatic nitrogens is 1. The zero-order chi connectivity index (χ0) is 14.3. The molecule has 0 amide bonds. The Labute approximate surface area is 114 Å². The van der Waals surface area contributed by atoms with E-state index in [1.807, 2.05) is 0 Å². The van der Waals surface area contributed by atoms with E-state index in [4.69, 9.17) is 11.6 Å². The maximum Gasteiger partial charge on any atom is 0.417 e. The Bertz CT molecular complexity index is 477. The normalized spacial score (nSPS) is 24.6. The summed E-state index contributed by atoms with van der Waals surface area (Å²) in [5, 5.41) is 9.94. The number of hydrogen-bond acceptors (Lipinski definition) is 3. The van der Waals surface area contributed by atoms with Gasteiger partial charge in [-0.05, 0) is 25.8 Å². The van der Waals surface area contributed by atoms with Crippen LogP contribution in [0.3, 0.4) is 0 Å². The van der Waals surface area contributed by atoms with Crippen LogP contribution in [0.15, 0.2) is 12.3 Å². The first-order chi connectivity index (χ1) is 8.69. The molecule has 0 aromatic carbocycles. The predicted octanol–water partition coefficient (Wildman–Crippen LogP) is 3.11. The number of piperidine rings is 1. The molecule has 1 aliphatic rings. The average molecular weight is 295 g/mol. The Morgan fingerprint density at radius 3 is 2.68 bits per heavy atom. The van der Waals surface area contributed by atoms with Crippen molar-refractivity contribution in [3.63, 3.8) is 0 Å². The highest BCUT2D eigenvalue weighted by Crippen LogP contribution is 2.35. The van der Waals surface area contributed by atoms with Gasteiger partial charge in [-0.25, -0.2) is 4.98 Å². The molecule has 106 valence electrons. The standard InChI is InChI=1S/C12H14ClF3N2O/c1-11(19)3-2-4-18(7-11)10-9(13)5-8(6-17-10)12(14,15)16/h5-6,19H,2-4,7H2,1H3. The van der Waals surface area contributed by atoms with E-state index < -0.39 is 17.3 Å². The number of rotatable bonds is 1. The fourth-order valence-electron chi connectivity index (χ4n) is 2.22. The Morgan fingerprint density at radius 2 is 2.16 bits per heavy atom. The summed E-state index contributed by atoms with van der Waals surface area (Å²) >= 11 is 5.88. The van der Waals surface area contributed by atoms with Crippen molar-refractivity contribution in [2.45, 2.75) is 31.5 Å². The topological polar surface area (TPSA) is 36.4 Å². The fraction of sp³-hybridized carbons (Fsp3) is 0.583. The van der Waals surface area contributed by atoms with Crippen LogP contribution in [0.1, 0.15) is 25.3 Å². The number of halogens is 4. The summed E-state index contributed by atoms with van der Waals surface area (Å²) in [6.45, 7) is 2.62. The van der Waals surface area contributed by atoms with Crippen molar-refractivity contribution in [3.8, 4) is 0 Å². The minimum atomic E-state index is -4.46. The first kappa shape index (κ1) is 14.4. The second-order valence-corrected chi connectivity index (χ2v) is 5.46. The highest BCUT2D eigenvalue weighted by Gasteiger charge is 2.33. The number of hydrogen-bond donors (Lipinski definition) is 1. The Balaban J connectivity index is 2.26. The second kappa shape index (κ2) is 4.83. The zero-order valence-corrected chi connectivity index (χ0v) is 11.1. The van der Waals surface area contributed by atoms with Crippen molar-refractivity contribution in [1.82, 2.24) is 4.98 Å². The van der Waals surface area contributed by atoms with Gasteiger partial charge in [0.1, 0.15) is 5.82 Å². The van der Waals surface area contributed by atoms with Gasteiger partial charge in [0.2, 0.25) is 0 Å². The minimum Gasteiger partial charge on any atom is -0.388 e. The van der Waals surface area contributed by atoms with Gasteiger partial charge in [-0.1, -0.05) is 11.6 Å². The summed E-state index contributed by atoms with van der Waals surface area (Å²) in [6, 6.07) is 0.868. The SMILES string of the molecule is CC1(O)CCCN(c2ncc(C(F)(F)F)cc2Cl)C1. The molecule has 0 radical (unpaired) electrons. The van der Waals surface area contributed by atoms with Gasteiger partial charge < -0.3 is 10.0 Å². The lowest BCUT2D eigenvalue weighted by Crippen LogP contribution is -2.46. The van der Waals surface area contributed by atoms with E-state index in [-0.39, 0.29) is 10.8 Å². The van der Waals surface area contributed by atoms with Crippen LogP contribution in [0.4, 0.5) is 19.0 Å². The van der Waals surface area contributed by atoms with E-state index in [0.29, 0.717) is 19.5 Å². The average Bonchev–Trinajstić information content (AvgIpc) is 2.26. The van der Waals surface area contributed by atoms with Crippen LogP contribution >= 0.6 is 11.6 Å². The van der Waals surface area contributed by atoms with Crippen LogP contribution in [0.2, 0.25) is 5.02 Å². The summed E-state index contributed by atoms with van der Waals surface area (Å²) in [5.41, 5.74) is -1.74. The van der Waals surface area contributed by atoms with E-state index in [2.05, 4.69) is 4.98 Å². The smallest absolute Gasteiger partial charge is 0.388 e. The molecule has 3 nitrogen and oxygen atoms in total. The number of nitrogens with zero attached hydrogens (tertiary/aromatic N) is 2. The molecule has 0 aliphatic carbocycles. The summed E-state index contributed by atoms with van der Waals surface area (Å²) in [4.78, 5) is 5.51. The fourth-order valence-corrected chi connectivity index (χ4v) is 2.51. The number of pyridine rings is 1. The quantitative estimate of drug-likeness (QED) is 0.864. The molecule has 1 aromatic heterocycles. The molecule has 1 N–H and O–H groups in total. The van der Waals surface area contributed by atoms with E-state index in [1.54, 1.807) is 11.8 Å². The number of β-amino-alcohol motifs (C(OH)–C–C–N with tert-alkyl or cyclic N) is 1. The number of anilines is 1. The maximum absolute atomic E-state index is 12.5. The highest BCUT2D eigenvalue weighted by atomic mass is 35.5. The van der Waals surface area contributed by atoms with Crippen molar-refractivity contribution in [2.24, 2.45) is 0 Å². The van der Waals surface area contributed by atoms with Crippen LogP contribution in [-0.2, 0) is 6.18 Å². The molecule has 2 rings (SSSR count). The van der Waals surface area contributed by atoms with Gasteiger partial charge in [-0.3, -0.25) is 0 Å². The number of aliphatic hydroxyl groups is 1. The zero-order valence-electron chi connectivity index (χ0n) is 10.3. The van der Waals surface area contributed by atoms with Crippen molar-refractivity contribution >= 4 is 17.4 Å². The van der Waals surface area contributed by atoms with Gasteiger partial charge in [0.15, 0.2) is 0 Å². The van der Waals surface area contributed by atoms with Crippen LogP contribution in [0.5, 0.6) is 0 Å². The third-order valence-electron chi connectivity index (χ3n) is 3.12. The molecule has 1 fully saturated rings. The summed E-state index contributed by atoms with van der Waals surface area (Å²) < 4.78 is 37.5. The van der Waals surface area contributed by atoms with Gasteiger partial charge in [-0.2, -0.15) is 13.2 Å². The highest BCUT2D eigenvalue weighted by molar-refractivity contribution is 6.33. The van der Waals surface area contributed by atoms with Gasteiger partial charge >= 0.3 is 6.18 Å². The molecule has 1 saturated heterocycles. The first-order valence-corrected chi connectivity index (χ1v) is 6.27. The van der Waals surface area contributed by atoms with E-state index in [9.17, 15) is 18.3 Å². The molecule has 2 heterocycles. The molecular formula is C12H14ClF3N2O. The second-order valence-electron chi connectivity index (χ2n) is 5.05. The maximum atomic E-state index is 12.5. The predicted molar refractivity (Wildman–Crippen MR) is 66.3 cm³/mol. The number of alkyl halides is 3.